The third-order valence-corrected chi connectivity index (χ3v) is 4.09. The van der Waals surface area contributed by atoms with Gasteiger partial charge in [-0.05, 0) is 18.1 Å². The van der Waals surface area contributed by atoms with Crippen molar-refractivity contribution in [2.45, 2.75) is 26.2 Å². The van der Waals surface area contributed by atoms with Crippen LogP contribution in [0.3, 0.4) is 0 Å². The molecule has 0 amide bonds. The van der Waals surface area contributed by atoms with Crippen LogP contribution in [0.25, 0.3) is 0 Å². The minimum absolute atomic E-state index is 0.164. The Balaban J connectivity index is 2.05. The number of methoxy groups -OCH3 is 1. The Hall–Kier alpha value is -2.51. The zero-order valence-electron chi connectivity index (χ0n) is 13.2. The van der Waals surface area contributed by atoms with E-state index in [1.54, 1.807) is 4.90 Å². The lowest BCUT2D eigenvalue weighted by Crippen LogP contribution is -2.24. The van der Waals surface area contributed by atoms with Crippen LogP contribution in [0.1, 0.15) is 27.2 Å². The molecule has 0 aliphatic carbocycles. The van der Waals surface area contributed by atoms with E-state index in [4.69, 9.17) is 0 Å². The van der Waals surface area contributed by atoms with Crippen LogP contribution in [0.15, 0.2) is 24.3 Å². The second-order valence-electron chi connectivity index (χ2n) is 5.61. The summed E-state index contributed by atoms with van der Waals surface area (Å²) < 4.78 is 45.4. The molecule has 0 bridgehead atoms. The molecule has 8 heteroatoms. The molecule has 24 heavy (non-hydrogen) atoms. The predicted molar refractivity (Wildman–Crippen MR) is 80.8 cm³/mol. The molecule has 0 saturated carbocycles. The van der Waals surface area contributed by atoms with Crippen molar-refractivity contribution in [3.63, 3.8) is 0 Å². The molecule has 5 nitrogen and oxygen atoms in total. The van der Waals surface area contributed by atoms with Gasteiger partial charge in [0.2, 0.25) is 0 Å². The molecule has 0 radical (unpaired) electrons. The molecule has 0 atom stereocenters. The second-order valence-corrected chi connectivity index (χ2v) is 5.61. The predicted octanol–water partition coefficient (Wildman–Crippen LogP) is 3.02. The first-order valence-corrected chi connectivity index (χ1v) is 7.38. The van der Waals surface area contributed by atoms with Crippen molar-refractivity contribution in [1.82, 2.24) is 9.78 Å². The number of esters is 1. The van der Waals surface area contributed by atoms with Crippen LogP contribution >= 0.6 is 0 Å². The van der Waals surface area contributed by atoms with Crippen molar-refractivity contribution >= 4 is 11.8 Å². The maximum absolute atomic E-state index is 13.2. The quantitative estimate of drug-likeness (QED) is 0.807. The molecular weight excluding hydrogens is 323 g/mol. The van der Waals surface area contributed by atoms with E-state index in [1.807, 2.05) is 31.2 Å². The standard InChI is InChI=1S/C16H16F3N3O2/c1-10-5-3-4-6-11(10)9-21-7-8-22-14(21)12(15(23)24-2)13(20-22)16(17,18)19/h3-6H,7-9H2,1-2H3. The number of aromatic nitrogens is 2. The van der Waals surface area contributed by atoms with Crippen LogP contribution in [0.5, 0.6) is 0 Å². The maximum atomic E-state index is 13.2. The smallest absolute Gasteiger partial charge is 0.436 e. The number of rotatable bonds is 3. The number of hydrogen-bond donors (Lipinski definition) is 0. The maximum Gasteiger partial charge on any atom is 0.436 e. The molecule has 0 fully saturated rings. The Bertz CT molecular complexity index is 783. The van der Waals surface area contributed by atoms with Crippen molar-refractivity contribution in [3.05, 3.63) is 46.6 Å². The fourth-order valence-electron chi connectivity index (χ4n) is 2.89. The number of alkyl halides is 3. The van der Waals surface area contributed by atoms with Gasteiger partial charge in [0.15, 0.2) is 5.69 Å². The van der Waals surface area contributed by atoms with Gasteiger partial charge in [0, 0.05) is 13.1 Å². The van der Waals surface area contributed by atoms with Crippen molar-refractivity contribution in [2.75, 3.05) is 18.6 Å². The third kappa shape index (κ3) is 2.72. The summed E-state index contributed by atoms with van der Waals surface area (Å²) in [6, 6.07) is 7.62. The summed E-state index contributed by atoms with van der Waals surface area (Å²) in [6.45, 7) is 3.12. The van der Waals surface area contributed by atoms with E-state index in [1.165, 1.54) is 4.68 Å². The number of carbonyl (C=O) groups excluding carboxylic acids is 1. The van der Waals surface area contributed by atoms with Gasteiger partial charge in [-0.3, -0.25) is 0 Å². The Morgan fingerprint density at radius 2 is 2.00 bits per heavy atom. The molecule has 2 heterocycles. The summed E-state index contributed by atoms with van der Waals surface area (Å²) in [5, 5.41) is 3.59. The van der Waals surface area contributed by atoms with E-state index in [-0.39, 0.29) is 5.82 Å². The van der Waals surface area contributed by atoms with E-state index in [0.29, 0.717) is 19.6 Å². The van der Waals surface area contributed by atoms with E-state index >= 15 is 0 Å². The van der Waals surface area contributed by atoms with Crippen molar-refractivity contribution in [3.8, 4) is 0 Å². The molecule has 1 aromatic heterocycles. The molecule has 0 N–H and O–H groups in total. The molecule has 1 aliphatic heterocycles. The molecule has 0 spiro atoms. The highest BCUT2D eigenvalue weighted by atomic mass is 19.4. The molecule has 1 aromatic carbocycles. The van der Waals surface area contributed by atoms with Crippen LogP contribution in [0.4, 0.5) is 19.0 Å². The molecule has 128 valence electrons. The number of nitrogens with zero attached hydrogens (tertiary/aromatic N) is 3. The van der Waals surface area contributed by atoms with E-state index in [9.17, 15) is 18.0 Å². The third-order valence-electron chi connectivity index (χ3n) is 4.09. The molecule has 1 aliphatic rings. The minimum Gasteiger partial charge on any atom is -0.465 e. The normalized spacial score (nSPS) is 14.0. The molecule has 2 aromatic rings. The van der Waals surface area contributed by atoms with Crippen LogP contribution in [-0.2, 0) is 24.0 Å². The highest BCUT2D eigenvalue weighted by Gasteiger charge is 2.44. The average Bonchev–Trinajstić information content (AvgIpc) is 3.08. The highest BCUT2D eigenvalue weighted by Crippen LogP contribution is 2.38. The number of hydrogen-bond acceptors (Lipinski definition) is 4. The molecule has 0 unspecified atom stereocenters. The zero-order chi connectivity index (χ0) is 17.5. The van der Waals surface area contributed by atoms with Gasteiger partial charge in [-0.15, -0.1) is 0 Å². The van der Waals surface area contributed by atoms with Crippen molar-refractivity contribution < 1.29 is 22.7 Å². The Morgan fingerprint density at radius 3 is 2.62 bits per heavy atom. The summed E-state index contributed by atoms with van der Waals surface area (Å²) in [4.78, 5) is 13.7. The zero-order valence-corrected chi connectivity index (χ0v) is 13.2. The monoisotopic (exact) mass is 339 g/mol. The first-order chi connectivity index (χ1) is 11.3. The van der Waals surface area contributed by atoms with Gasteiger partial charge < -0.3 is 9.64 Å². The first kappa shape index (κ1) is 16.4. The van der Waals surface area contributed by atoms with Gasteiger partial charge >= 0.3 is 12.1 Å². The van der Waals surface area contributed by atoms with Crippen LogP contribution < -0.4 is 4.90 Å². The highest BCUT2D eigenvalue weighted by molar-refractivity contribution is 5.96. The molecule has 0 saturated heterocycles. The van der Waals surface area contributed by atoms with Gasteiger partial charge in [0.05, 0.1) is 13.7 Å². The van der Waals surface area contributed by atoms with Crippen LogP contribution in [0.2, 0.25) is 0 Å². The lowest BCUT2D eigenvalue weighted by molar-refractivity contribution is -0.142. The summed E-state index contributed by atoms with van der Waals surface area (Å²) in [6.07, 6.45) is -4.71. The van der Waals surface area contributed by atoms with Gasteiger partial charge in [-0.2, -0.15) is 18.3 Å². The second kappa shape index (κ2) is 5.85. The van der Waals surface area contributed by atoms with E-state index < -0.39 is 23.4 Å². The topological polar surface area (TPSA) is 47.4 Å². The Kier molecular flexibility index (Phi) is 3.98. The van der Waals surface area contributed by atoms with Gasteiger partial charge in [0.25, 0.3) is 0 Å². The lowest BCUT2D eigenvalue weighted by atomic mass is 10.1. The number of benzene rings is 1. The average molecular weight is 339 g/mol. The number of halogens is 3. The van der Waals surface area contributed by atoms with Crippen molar-refractivity contribution in [2.24, 2.45) is 0 Å². The van der Waals surface area contributed by atoms with Crippen LogP contribution in [0, 0.1) is 6.92 Å². The first-order valence-electron chi connectivity index (χ1n) is 7.38. The summed E-state index contributed by atoms with van der Waals surface area (Å²) >= 11 is 0. The van der Waals surface area contributed by atoms with E-state index in [2.05, 4.69) is 9.84 Å². The Morgan fingerprint density at radius 1 is 1.29 bits per heavy atom. The van der Waals surface area contributed by atoms with Crippen LogP contribution in [-0.4, -0.2) is 29.4 Å². The minimum atomic E-state index is -4.71. The lowest BCUT2D eigenvalue weighted by Gasteiger charge is -2.20. The number of fused-ring (bicyclic) bond motifs is 1. The van der Waals surface area contributed by atoms with Gasteiger partial charge in [-0.1, -0.05) is 24.3 Å². The van der Waals surface area contributed by atoms with Crippen molar-refractivity contribution in [1.29, 1.82) is 0 Å². The summed E-state index contributed by atoms with van der Waals surface area (Å²) in [7, 11) is 1.06. The fraction of sp³-hybridized carbons (Fsp3) is 0.375. The number of ether oxygens (including phenoxy) is 1. The van der Waals surface area contributed by atoms with E-state index in [0.717, 1.165) is 18.2 Å². The van der Waals surface area contributed by atoms with Gasteiger partial charge in [-0.25, -0.2) is 9.48 Å². The summed E-state index contributed by atoms with van der Waals surface area (Å²) in [5.74, 6) is -0.863. The summed E-state index contributed by atoms with van der Waals surface area (Å²) in [5.41, 5.74) is 0.303. The number of carbonyl (C=O) groups is 1. The number of anilines is 1. The van der Waals surface area contributed by atoms with Gasteiger partial charge in [0.1, 0.15) is 11.4 Å². The largest absolute Gasteiger partial charge is 0.465 e. The number of aryl methyl sites for hydroxylation is 1. The molecular formula is C16H16F3N3O2. The molecule has 3 rings (SSSR count). The SMILES string of the molecule is COC(=O)c1c(C(F)(F)F)nn2c1N(Cc1ccccc1C)CC2. The fourth-order valence-corrected chi connectivity index (χ4v) is 2.89. The Labute approximate surface area is 136 Å².